The number of benzene rings is 4. The zero-order chi connectivity index (χ0) is 23.9. The molecule has 168 valence electrons. The second kappa shape index (κ2) is 8.20. The van der Waals surface area contributed by atoms with Crippen LogP contribution >= 0.6 is 0 Å². The molecule has 33 heavy (non-hydrogen) atoms. The summed E-state index contributed by atoms with van der Waals surface area (Å²) in [6.45, 7) is 0. The fourth-order valence-electron chi connectivity index (χ4n) is 3.99. The first-order valence-electron chi connectivity index (χ1n) is 9.55. The van der Waals surface area contributed by atoms with E-state index in [1.165, 1.54) is 0 Å². The SMILES string of the molecule is Oc1ccc(C(c2ccc(F)cc2)(c2ccc(F)cc2)c2ccc(O)c(F)c2F)c(F)c1F. The number of hydrogen-bond donors (Lipinski definition) is 2. The fourth-order valence-corrected chi connectivity index (χ4v) is 3.99. The molecule has 4 aromatic carbocycles. The maximum absolute atomic E-state index is 15.3. The molecule has 0 unspecified atom stereocenters. The number of aromatic hydroxyl groups is 2. The van der Waals surface area contributed by atoms with Gasteiger partial charge in [-0.25, -0.2) is 17.6 Å². The Hall–Kier alpha value is -3.94. The summed E-state index contributed by atoms with van der Waals surface area (Å²) in [6, 6.07) is 12.1. The molecular weight excluding hydrogens is 446 g/mol. The Morgan fingerprint density at radius 3 is 1.09 bits per heavy atom. The molecule has 0 aliphatic carbocycles. The first-order valence-corrected chi connectivity index (χ1v) is 9.55. The van der Waals surface area contributed by atoms with Crippen LogP contribution in [0, 0.1) is 34.9 Å². The van der Waals surface area contributed by atoms with Crippen LogP contribution in [-0.4, -0.2) is 10.2 Å². The van der Waals surface area contributed by atoms with E-state index in [0.717, 1.165) is 72.8 Å². The quantitative estimate of drug-likeness (QED) is 0.277. The minimum atomic E-state index is -2.18. The summed E-state index contributed by atoms with van der Waals surface area (Å²) in [7, 11) is 0. The van der Waals surface area contributed by atoms with Crippen molar-refractivity contribution >= 4 is 0 Å². The van der Waals surface area contributed by atoms with Crippen molar-refractivity contribution < 1.29 is 36.6 Å². The molecule has 0 saturated heterocycles. The van der Waals surface area contributed by atoms with Gasteiger partial charge in [0.05, 0.1) is 5.41 Å². The molecule has 0 aliphatic heterocycles. The maximum atomic E-state index is 15.3. The van der Waals surface area contributed by atoms with Gasteiger partial charge >= 0.3 is 0 Å². The van der Waals surface area contributed by atoms with E-state index in [4.69, 9.17) is 0 Å². The van der Waals surface area contributed by atoms with Crippen molar-refractivity contribution in [1.29, 1.82) is 0 Å². The van der Waals surface area contributed by atoms with E-state index in [9.17, 15) is 27.8 Å². The average Bonchev–Trinajstić information content (AvgIpc) is 2.80. The van der Waals surface area contributed by atoms with Crippen LogP contribution < -0.4 is 0 Å². The van der Waals surface area contributed by atoms with Gasteiger partial charge < -0.3 is 10.2 Å². The molecule has 0 heterocycles. The molecule has 0 aromatic heterocycles. The third-order valence-corrected chi connectivity index (χ3v) is 5.49. The topological polar surface area (TPSA) is 40.5 Å². The highest BCUT2D eigenvalue weighted by Crippen LogP contribution is 2.48. The van der Waals surface area contributed by atoms with Gasteiger partial charge in [0.25, 0.3) is 0 Å². The molecule has 2 nitrogen and oxygen atoms in total. The Bertz CT molecular complexity index is 1230. The lowest BCUT2D eigenvalue weighted by atomic mass is 9.64. The van der Waals surface area contributed by atoms with E-state index in [-0.39, 0.29) is 11.1 Å². The number of rotatable bonds is 4. The predicted octanol–water partition coefficient (Wildman–Crippen LogP) is 6.32. The molecule has 0 fully saturated rings. The molecule has 0 bridgehead atoms. The van der Waals surface area contributed by atoms with Gasteiger partial charge in [0.15, 0.2) is 23.1 Å². The van der Waals surface area contributed by atoms with Crippen LogP contribution in [0.15, 0.2) is 72.8 Å². The molecule has 0 spiro atoms. The largest absolute Gasteiger partial charge is 0.505 e. The minimum absolute atomic E-state index is 0.0245. The minimum Gasteiger partial charge on any atom is -0.505 e. The Balaban J connectivity index is 2.26. The fraction of sp³-hybridized carbons (Fsp3) is 0.0400. The second-order valence-corrected chi connectivity index (χ2v) is 7.28. The van der Waals surface area contributed by atoms with Gasteiger partial charge in [0.1, 0.15) is 11.6 Å². The van der Waals surface area contributed by atoms with E-state index in [1.54, 1.807) is 0 Å². The second-order valence-electron chi connectivity index (χ2n) is 7.28. The Morgan fingerprint density at radius 1 is 0.424 bits per heavy atom. The van der Waals surface area contributed by atoms with Crippen LogP contribution in [0.25, 0.3) is 0 Å². The lowest BCUT2D eigenvalue weighted by Gasteiger charge is -2.37. The van der Waals surface area contributed by atoms with Crippen molar-refractivity contribution in [2.24, 2.45) is 0 Å². The van der Waals surface area contributed by atoms with E-state index >= 15 is 8.78 Å². The summed E-state index contributed by atoms with van der Waals surface area (Å²) in [6.07, 6.45) is 0. The van der Waals surface area contributed by atoms with Crippen LogP contribution in [-0.2, 0) is 5.41 Å². The van der Waals surface area contributed by atoms with Crippen molar-refractivity contribution in [3.05, 3.63) is 130 Å². The Morgan fingerprint density at radius 2 is 0.758 bits per heavy atom. The standard InChI is InChI=1S/C25H14F6O2/c26-15-5-1-13(2-6-15)25(14-3-7-16(27)8-4-14,17-9-11-19(32)23(30)21(17)28)18-10-12-20(33)24(31)22(18)29/h1-12,32-33H. The molecular formula is C25H14F6O2. The highest BCUT2D eigenvalue weighted by atomic mass is 19.2. The third-order valence-electron chi connectivity index (χ3n) is 5.49. The zero-order valence-corrected chi connectivity index (χ0v) is 16.6. The summed E-state index contributed by atoms with van der Waals surface area (Å²) in [5, 5.41) is 19.3. The number of halogens is 6. The van der Waals surface area contributed by atoms with Gasteiger partial charge in [-0.2, -0.15) is 8.78 Å². The lowest BCUT2D eigenvalue weighted by molar-refractivity contribution is 0.394. The lowest BCUT2D eigenvalue weighted by Crippen LogP contribution is -2.34. The molecule has 0 aliphatic rings. The van der Waals surface area contributed by atoms with Crippen LogP contribution in [0.5, 0.6) is 11.5 Å². The Labute approximate surface area is 184 Å². The molecule has 0 radical (unpaired) electrons. The van der Waals surface area contributed by atoms with Crippen molar-refractivity contribution in [1.82, 2.24) is 0 Å². The van der Waals surface area contributed by atoms with Gasteiger partial charge in [0.2, 0.25) is 11.6 Å². The van der Waals surface area contributed by atoms with Gasteiger partial charge in [-0.1, -0.05) is 36.4 Å². The average molecular weight is 460 g/mol. The highest BCUT2D eigenvalue weighted by Gasteiger charge is 2.44. The van der Waals surface area contributed by atoms with E-state index in [0.29, 0.717) is 0 Å². The third kappa shape index (κ3) is 3.47. The maximum Gasteiger partial charge on any atom is 0.200 e. The molecule has 0 atom stereocenters. The summed E-state index contributed by atoms with van der Waals surface area (Å²) in [5.41, 5.74) is -3.37. The van der Waals surface area contributed by atoms with Crippen LogP contribution in [0.2, 0.25) is 0 Å². The smallest absolute Gasteiger partial charge is 0.200 e. The summed E-state index contributed by atoms with van der Waals surface area (Å²) < 4.78 is 87.1. The van der Waals surface area contributed by atoms with E-state index in [2.05, 4.69) is 0 Å². The van der Waals surface area contributed by atoms with Crippen LogP contribution in [0.1, 0.15) is 22.3 Å². The van der Waals surface area contributed by atoms with Crippen molar-refractivity contribution in [2.45, 2.75) is 5.41 Å². The van der Waals surface area contributed by atoms with Gasteiger partial charge in [-0.3, -0.25) is 0 Å². The first-order chi connectivity index (χ1) is 15.7. The number of hydrogen-bond acceptors (Lipinski definition) is 2. The van der Waals surface area contributed by atoms with Gasteiger partial charge in [-0.05, 0) is 47.5 Å². The number of phenolic OH excluding ortho intramolecular Hbond substituents is 2. The van der Waals surface area contributed by atoms with Crippen LogP contribution in [0.3, 0.4) is 0 Å². The zero-order valence-electron chi connectivity index (χ0n) is 16.6. The number of phenols is 2. The van der Waals surface area contributed by atoms with E-state index < -0.39 is 62.9 Å². The van der Waals surface area contributed by atoms with Gasteiger partial charge in [-0.15, -0.1) is 0 Å². The normalized spacial score (nSPS) is 11.6. The van der Waals surface area contributed by atoms with Crippen molar-refractivity contribution in [3.8, 4) is 11.5 Å². The summed E-state index contributed by atoms with van der Waals surface area (Å²) >= 11 is 0. The van der Waals surface area contributed by atoms with Crippen molar-refractivity contribution in [3.63, 3.8) is 0 Å². The van der Waals surface area contributed by atoms with E-state index in [1.807, 2.05) is 0 Å². The Kier molecular flexibility index (Phi) is 5.53. The van der Waals surface area contributed by atoms with Gasteiger partial charge in [0, 0.05) is 11.1 Å². The summed E-state index contributed by atoms with van der Waals surface area (Å²) in [4.78, 5) is 0. The van der Waals surface area contributed by atoms with Crippen molar-refractivity contribution in [2.75, 3.05) is 0 Å². The first kappa shape index (κ1) is 22.3. The molecule has 0 amide bonds. The molecule has 8 heteroatoms. The summed E-state index contributed by atoms with van der Waals surface area (Å²) in [5.74, 6) is -9.92. The highest BCUT2D eigenvalue weighted by molar-refractivity contribution is 5.61. The molecule has 4 aromatic rings. The molecule has 0 saturated carbocycles. The predicted molar refractivity (Wildman–Crippen MR) is 108 cm³/mol. The molecule has 4 rings (SSSR count). The molecule has 2 N–H and O–H groups in total. The monoisotopic (exact) mass is 460 g/mol. The van der Waals surface area contributed by atoms with Crippen LogP contribution in [0.4, 0.5) is 26.3 Å².